The lowest BCUT2D eigenvalue weighted by Gasteiger charge is -2.65. The summed E-state index contributed by atoms with van der Waals surface area (Å²) in [5.41, 5.74) is -2.40. The minimum atomic E-state index is -1.49. The van der Waals surface area contributed by atoms with Crippen molar-refractivity contribution >= 4 is 0 Å². The van der Waals surface area contributed by atoms with E-state index in [1.807, 2.05) is 6.92 Å². The summed E-state index contributed by atoms with van der Waals surface area (Å²) in [6, 6.07) is 0. The molecule has 0 amide bonds. The summed E-state index contributed by atoms with van der Waals surface area (Å²) in [7, 11) is 0. The lowest BCUT2D eigenvalue weighted by molar-refractivity contribution is -0.258. The van der Waals surface area contributed by atoms with E-state index >= 15 is 0 Å². The van der Waals surface area contributed by atoms with Gasteiger partial charge >= 0.3 is 0 Å². The van der Waals surface area contributed by atoms with Crippen molar-refractivity contribution in [2.45, 2.75) is 110 Å². The van der Waals surface area contributed by atoms with Crippen LogP contribution in [0.3, 0.4) is 0 Å². The third-order valence-corrected chi connectivity index (χ3v) is 10.9. The monoisotopic (exact) mass is 446 g/mol. The van der Waals surface area contributed by atoms with Crippen LogP contribution < -0.4 is 0 Å². The maximum absolute atomic E-state index is 12.2. The summed E-state index contributed by atoms with van der Waals surface area (Å²) in [5.74, 6) is 2.45. The van der Waals surface area contributed by atoms with Gasteiger partial charge in [-0.3, -0.25) is 0 Å². The molecule has 4 rings (SSSR count). The molecular formula is C28H46O4. The highest BCUT2D eigenvalue weighted by Crippen LogP contribution is 2.69. The first-order valence-corrected chi connectivity index (χ1v) is 13.0. The maximum atomic E-state index is 12.2. The van der Waals surface area contributed by atoms with E-state index in [2.05, 4.69) is 46.8 Å². The second-order valence-electron chi connectivity index (χ2n) is 12.7. The number of aliphatic hydroxyl groups is 4. The Hall–Kier alpha value is -0.680. The van der Waals surface area contributed by atoms with Gasteiger partial charge in [0.2, 0.25) is 0 Å². The predicted molar refractivity (Wildman–Crippen MR) is 128 cm³/mol. The Morgan fingerprint density at radius 1 is 0.938 bits per heavy atom. The fourth-order valence-corrected chi connectivity index (χ4v) is 8.11. The van der Waals surface area contributed by atoms with Gasteiger partial charge in [0.25, 0.3) is 0 Å². The summed E-state index contributed by atoms with van der Waals surface area (Å²) < 4.78 is 0. The van der Waals surface area contributed by atoms with Crippen LogP contribution in [0.2, 0.25) is 0 Å². The summed E-state index contributed by atoms with van der Waals surface area (Å²) in [6.07, 6.45) is 9.79. The van der Waals surface area contributed by atoms with Crippen LogP contribution in [0.5, 0.6) is 0 Å². The van der Waals surface area contributed by atoms with Crippen molar-refractivity contribution in [1.82, 2.24) is 0 Å². The summed E-state index contributed by atoms with van der Waals surface area (Å²) in [4.78, 5) is 0. The topological polar surface area (TPSA) is 80.9 Å². The van der Waals surface area contributed by atoms with Crippen molar-refractivity contribution in [2.75, 3.05) is 0 Å². The van der Waals surface area contributed by atoms with E-state index in [0.29, 0.717) is 42.9 Å². The van der Waals surface area contributed by atoms with Crippen LogP contribution >= 0.6 is 0 Å². The highest BCUT2D eigenvalue weighted by atomic mass is 16.4. The van der Waals surface area contributed by atoms with Crippen molar-refractivity contribution in [2.24, 2.45) is 40.4 Å². The number of allylic oxidation sites excluding steroid dienone is 2. The second kappa shape index (κ2) is 7.93. The molecule has 0 unspecified atom stereocenters. The number of hydrogen-bond donors (Lipinski definition) is 4. The van der Waals surface area contributed by atoms with Crippen molar-refractivity contribution < 1.29 is 20.4 Å². The van der Waals surface area contributed by atoms with Crippen molar-refractivity contribution in [3.05, 3.63) is 23.8 Å². The van der Waals surface area contributed by atoms with Crippen molar-refractivity contribution in [3.8, 4) is 0 Å². The molecule has 4 aliphatic carbocycles. The van der Waals surface area contributed by atoms with Gasteiger partial charge in [0.1, 0.15) is 11.7 Å². The molecule has 182 valence electrons. The molecule has 0 aromatic carbocycles. The van der Waals surface area contributed by atoms with Gasteiger partial charge in [0.05, 0.1) is 11.7 Å². The molecule has 0 bridgehead atoms. The molecule has 32 heavy (non-hydrogen) atoms. The molecule has 0 heterocycles. The average Bonchev–Trinajstić information content (AvgIpc) is 3.07. The molecule has 0 aromatic rings. The third kappa shape index (κ3) is 3.23. The van der Waals surface area contributed by atoms with Gasteiger partial charge in [-0.25, -0.2) is 0 Å². The molecule has 4 N–H and O–H groups in total. The summed E-state index contributed by atoms with van der Waals surface area (Å²) in [5, 5.41) is 45.2. The first-order valence-electron chi connectivity index (χ1n) is 13.0. The average molecular weight is 447 g/mol. The van der Waals surface area contributed by atoms with E-state index in [-0.39, 0.29) is 17.8 Å². The highest BCUT2D eigenvalue weighted by molar-refractivity contribution is 5.40. The smallest absolute Gasteiger partial charge is 0.105 e. The lowest BCUT2D eigenvalue weighted by atomic mass is 9.43. The van der Waals surface area contributed by atoms with E-state index in [9.17, 15) is 20.4 Å². The van der Waals surface area contributed by atoms with Crippen LogP contribution in [0.25, 0.3) is 0 Å². The largest absolute Gasteiger partial charge is 0.393 e. The molecule has 3 fully saturated rings. The van der Waals surface area contributed by atoms with E-state index in [1.54, 1.807) is 6.08 Å². The Balaban J connectivity index is 1.67. The normalized spacial score (nSPS) is 50.5. The maximum Gasteiger partial charge on any atom is 0.105 e. The zero-order valence-electron chi connectivity index (χ0n) is 21.0. The van der Waals surface area contributed by atoms with Gasteiger partial charge in [-0.1, -0.05) is 59.8 Å². The molecule has 0 aromatic heterocycles. The van der Waals surface area contributed by atoms with Gasteiger partial charge < -0.3 is 20.4 Å². The van der Waals surface area contributed by atoms with Crippen LogP contribution in [-0.2, 0) is 0 Å². The molecule has 4 aliphatic rings. The zero-order valence-corrected chi connectivity index (χ0v) is 21.0. The second-order valence-corrected chi connectivity index (χ2v) is 12.7. The first kappa shape index (κ1) is 24.4. The predicted octanol–water partition coefficient (Wildman–Crippen LogP) is 4.61. The van der Waals surface area contributed by atoms with Gasteiger partial charge in [-0.2, -0.15) is 0 Å². The molecule has 4 heteroatoms. The van der Waals surface area contributed by atoms with Crippen LogP contribution in [0.15, 0.2) is 23.8 Å². The summed E-state index contributed by atoms with van der Waals surface area (Å²) >= 11 is 0. The Bertz CT molecular complexity index is 788. The van der Waals surface area contributed by atoms with Crippen LogP contribution in [0.4, 0.5) is 0 Å². The van der Waals surface area contributed by atoms with Crippen LogP contribution in [-0.4, -0.2) is 43.8 Å². The standard InChI is InChI=1S/C28H46O4/c1-17(2)18(3)7-8-19(4)21-9-10-22-23-15-24(30)28(32)16-20(29)11-12-26(28,6)27(23,31)14-13-25(21,22)5/h7-8,15,17-22,24,29-32H,9-14,16H2,1-6H3/b8-7+/t18-,19+,20-,21+,22-,24-,25+,26+,27+,28-/m0/s1. The molecule has 0 radical (unpaired) electrons. The quantitative estimate of drug-likeness (QED) is 0.475. The molecule has 4 nitrogen and oxygen atoms in total. The molecule has 3 saturated carbocycles. The SMILES string of the molecule is CC(C)[C@@H](C)/C=C/[C@@H](C)[C@H]1CC[C@H]2C3=C[C@H](O)[C@@]4(O)C[C@@H](O)CC[C@]4(C)[C@@]3(O)CC[C@]12C. The third-order valence-electron chi connectivity index (χ3n) is 10.9. The lowest BCUT2D eigenvalue weighted by Crippen LogP contribution is -2.72. The van der Waals surface area contributed by atoms with Gasteiger partial charge in [-0.05, 0) is 79.1 Å². The van der Waals surface area contributed by atoms with Gasteiger partial charge in [-0.15, -0.1) is 0 Å². The highest BCUT2D eigenvalue weighted by Gasteiger charge is 2.70. The van der Waals surface area contributed by atoms with Crippen LogP contribution in [0, 0.1) is 40.4 Å². The van der Waals surface area contributed by atoms with Crippen molar-refractivity contribution in [1.29, 1.82) is 0 Å². The number of aliphatic hydroxyl groups excluding tert-OH is 2. The minimum absolute atomic E-state index is 0.0859. The Morgan fingerprint density at radius 2 is 1.62 bits per heavy atom. The van der Waals surface area contributed by atoms with E-state index in [4.69, 9.17) is 0 Å². The number of hydrogen-bond acceptors (Lipinski definition) is 4. The van der Waals surface area contributed by atoms with Crippen molar-refractivity contribution in [3.63, 3.8) is 0 Å². The van der Waals surface area contributed by atoms with Crippen LogP contribution in [0.1, 0.15) is 86.5 Å². The Kier molecular flexibility index (Phi) is 6.06. The fourth-order valence-electron chi connectivity index (χ4n) is 8.11. The minimum Gasteiger partial charge on any atom is -0.393 e. The van der Waals surface area contributed by atoms with E-state index in [1.165, 1.54) is 0 Å². The number of fused-ring (bicyclic) bond motifs is 5. The fraction of sp³-hybridized carbons (Fsp3) is 0.857. The van der Waals surface area contributed by atoms with E-state index < -0.39 is 28.8 Å². The first-order chi connectivity index (χ1) is 14.8. The Labute approximate surface area is 194 Å². The molecular weight excluding hydrogens is 400 g/mol. The summed E-state index contributed by atoms with van der Waals surface area (Å²) in [6.45, 7) is 13.5. The molecule has 10 atom stereocenters. The van der Waals surface area contributed by atoms with E-state index in [0.717, 1.165) is 24.8 Å². The molecule has 0 spiro atoms. The molecule has 0 aliphatic heterocycles. The number of rotatable bonds is 4. The Morgan fingerprint density at radius 3 is 2.28 bits per heavy atom. The van der Waals surface area contributed by atoms with Gasteiger partial charge in [0.15, 0.2) is 0 Å². The van der Waals surface area contributed by atoms with Gasteiger partial charge in [0, 0.05) is 11.8 Å². The zero-order chi connectivity index (χ0) is 23.7. The molecule has 0 saturated heterocycles.